The monoisotopic (exact) mass is 466 g/mol. The van der Waals surface area contributed by atoms with E-state index < -0.39 is 11.6 Å². The van der Waals surface area contributed by atoms with Crippen molar-refractivity contribution in [1.29, 1.82) is 5.41 Å². The van der Waals surface area contributed by atoms with Crippen LogP contribution >= 0.6 is 0 Å². The number of ether oxygens (including phenoxy) is 1. The number of benzene rings is 2. The Labute approximate surface area is 200 Å². The highest BCUT2D eigenvalue weighted by Crippen LogP contribution is 2.39. The number of anilines is 1. The summed E-state index contributed by atoms with van der Waals surface area (Å²) in [6.45, 7) is 1.85. The molecule has 0 aliphatic carbocycles. The number of aliphatic hydroxyl groups is 1. The molecule has 8 nitrogen and oxygen atoms in total. The Morgan fingerprint density at radius 3 is 2.74 bits per heavy atom. The van der Waals surface area contributed by atoms with Gasteiger partial charge in [0.25, 0.3) is 5.56 Å². The molecule has 1 atom stereocenters. The number of pyridine rings is 2. The summed E-state index contributed by atoms with van der Waals surface area (Å²) in [7, 11) is 0. The Bertz CT molecular complexity index is 1610. The van der Waals surface area contributed by atoms with Crippen molar-refractivity contribution >= 4 is 28.4 Å². The molecule has 0 fully saturated rings. The standard InChI is InChI=1S/C27H22N4O4/c1-2-27(34)19-12-22-23-16(13-31(22)25(32)18(19)14-35-26(27)33)11-17-20(29-23)9-6-10-21(17)30-24(28)15-7-4-3-5-8-15/h3-12,34H,2,13-14H2,1H3,(H2,28,30). The molecule has 35 heavy (non-hydrogen) atoms. The SMILES string of the molecule is CCC1(O)C(=O)OCc2c1cc1n(c2=O)Cc2cc3c(NC(=N)c4ccccc4)cccc3nc2-1. The summed E-state index contributed by atoms with van der Waals surface area (Å²) >= 11 is 0. The fraction of sp³-hybridized carbons (Fsp3) is 0.185. The molecule has 2 aliphatic heterocycles. The van der Waals surface area contributed by atoms with Crippen LogP contribution in [-0.4, -0.2) is 26.5 Å². The molecule has 0 spiro atoms. The minimum absolute atomic E-state index is 0.0993. The third kappa shape index (κ3) is 3.10. The van der Waals surface area contributed by atoms with E-state index in [2.05, 4.69) is 5.32 Å². The Hall–Kier alpha value is -4.30. The zero-order valence-corrected chi connectivity index (χ0v) is 19.0. The third-order valence-electron chi connectivity index (χ3n) is 6.87. The lowest BCUT2D eigenvalue weighted by Crippen LogP contribution is -2.44. The van der Waals surface area contributed by atoms with Gasteiger partial charge in [-0.15, -0.1) is 0 Å². The van der Waals surface area contributed by atoms with Crippen LogP contribution in [-0.2, 0) is 28.3 Å². The van der Waals surface area contributed by atoms with Crippen LogP contribution in [0.15, 0.2) is 65.5 Å². The van der Waals surface area contributed by atoms with Crippen LogP contribution in [0.2, 0.25) is 0 Å². The molecular weight excluding hydrogens is 444 g/mol. The third-order valence-corrected chi connectivity index (χ3v) is 6.87. The van der Waals surface area contributed by atoms with Gasteiger partial charge in [0, 0.05) is 27.8 Å². The minimum Gasteiger partial charge on any atom is -0.458 e. The number of esters is 1. The first-order valence-corrected chi connectivity index (χ1v) is 11.4. The predicted molar refractivity (Wildman–Crippen MR) is 131 cm³/mol. The van der Waals surface area contributed by atoms with E-state index in [4.69, 9.17) is 15.1 Å². The van der Waals surface area contributed by atoms with E-state index in [0.29, 0.717) is 34.6 Å². The molecule has 4 heterocycles. The van der Waals surface area contributed by atoms with E-state index in [0.717, 1.165) is 22.2 Å². The average molecular weight is 466 g/mol. The van der Waals surface area contributed by atoms with Crippen molar-refractivity contribution in [3.8, 4) is 11.4 Å². The largest absolute Gasteiger partial charge is 0.458 e. The highest BCUT2D eigenvalue weighted by atomic mass is 16.6. The van der Waals surface area contributed by atoms with Crippen molar-refractivity contribution in [3.63, 3.8) is 0 Å². The molecule has 4 aromatic rings. The number of nitrogens with zero attached hydrogens (tertiary/aromatic N) is 2. The van der Waals surface area contributed by atoms with Gasteiger partial charge in [0.1, 0.15) is 12.4 Å². The number of rotatable bonds is 3. The molecule has 6 rings (SSSR count). The van der Waals surface area contributed by atoms with Crippen molar-refractivity contribution in [2.24, 2.45) is 0 Å². The lowest BCUT2D eigenvalue weighted by atomic mass is 9.86. The van der Waals surface area contributed by atoms with Crippen LogP contribution in [0.3, 0.4) is 0 Å². The van der Waals surface area contributed by atoms with Crippen LogP contribution in [0.4, 0.5) is 5.69 Å². The summed E-state index contributed by atoms with van der Waals surface area (Å²) in [5.74, 6) is -0.465. The average Bonchev–Trinajstić information content (AvgIpc) is 3.24. The lowest BCUT2D eigenvalue weighted by molar-refractivity contribution is -0.172. The first kappa shape index (κ1) is 21.2. The number of nitrogens with one attached hydrogen (secondary N) is 2. The molecule has 8 heteroatoms. The molecule has 3 N–H and O–H groups in total. The van der Waals surface area contributed by atoms with Gasteiger partial charge in [-0.1, -0.05) is 43.3 Å². The van der Waals surface area contributed by atoms with E-state index in [-0.39, 0.29) is 24.4 Å². The Kier molecular flexibility index (Phi) is 4.62. The number of hydrogen-bond donors (Lipinski definition) is 3. The van der Waals surface area contributed by atoms with Gasteiger partial charge in [-0.05, 0) is 30.7 Å². The van der Waals surface area contributed by atoms with Crippen LogP contribution in [0, 0.1) is 5.41 Å². The van der Waals surface area contributed by atoms with Crippen molar-refractivity contribution < 1.29 is 14.6 Å². The van der Waals surface area contributed by atoms with Gasteiger partial charge in [-0.25, -0.2) is 9.78 Å². The summed E-state index contributed by atoms with van der Waals surface area (Å²) in [6.07, 6.45) is 0.0993. The molecule has 2 aliphatic rings. The first-order valence-electron chi connectivity index (χ1n) is 11.4. The summed E-state index contributed by atoms with van der Waals surface area (Å²) in [4.78, 5) is 30.5. The first-order chi connectivity index (χ1) is 16.9. The number of hydrogen-bond acceptors (Lipinski definition) is 6. The molecule has 1 unspecified atom stereocenters. The number of fused-ring (bicyclic) bond motifs is 5. The molecule has 0 radical (unpaired) electrons. The fourth-order valence-corrected chi connectivity index (χ4v) is 4.92. The second kappa shape index (κ2) is 7.61. The quantitative estimate of drug-likeness (QED) is 0.213. The van der Waals surface area contributed by atoms with Crippen LogP contribution in [0.1, 0.15) is 35.6 Å². The van der Waals surface area contributed by atoms with E-state index in [1.165, 1.54) is 0 Å². The molecule has 2 aromatic heterocycles. The van der Waals surface area contributed by atoms with Crippen molar-refractivity contribution in [1.82, 2.24) is 9.55 Å². The van der Waals surface area contributed by atoms with E-state index >= 15 is 0 Å². The summed E-state index contributed by atoms with van der Waals surface area (Å²) in [6, 6.07) is 18.7. The zero-order valence-electron chi connectivity index (χ0n) is 19.0. The second-order valence-corrected chi connectivity index (χ2v) is 8.84. The summed E-state index contributed by atoms with van der Waals surface area (Å²) in [5.41, 5.74) is 2.75. The van der Waals surface area contributed by atoms with Gasteiger partial charge in [0.2, 0.25) is 0 Å². The van der Waals surface area contributed by atoms with E-state index in [1.807, 2.05) is 54.6 Å². The van der Waals surface area contributed by atoms with Crippen molar-refractivity contribution in [3.05, 3.63) is 93.3 Å². The molecular formula is C27H22N4O4. The Morgan fingerprint density at radius 1 is 1.17 bits per heavy atom. The minimum atomic E-state index is -1.85. The van der Waals surface area contributed by atoms with Crippen molar-refractivity contribution in [2.45, 2.75) is 32.1 Å². The maximum Gasteiger partial charge on any atom is 0.343 e. The molecule has 2 aromatic carbocycles. The maximum absolute atomic E-state index is 13.3. The number of carbonyl (C=O) groups is 1. The molecule has 0 saturated carbocycles. The van der Waals surface area contributed by atoms with Gasteiger partial charge >= 0.3 is 5.97 Å². The maximum atomic E-state index is 13.3. The van der Waals surface area contributed by atoms with Gasteiger partial charge in [-0.2, -0.15) is 0 Å². The molecule has 0 amide bonds. The van der Waals surface area contributed by atoms with Crippen molar-refractivity contribution in [2.75, 3.05) is 5.32 Å². The number of amidine groups is 1. The van der Waals surface area contributed by atoms with Gasteiger partial charge in [0.15, 0.2) is 5.60 Å². The van der Waals surface area contributed by atoms with Gasteiger partial charge < -0.3 is 19.7 Å². The number of carbonyl (C=O) groups excluding carboxylic acids is 1. The smallest absolute Gasteiger partial charge is 0.343 e. The second-order valence-electron chi connectivity index (χ2n) is 8.84. The number of aromatic nitrogens is 2. The Morgan fingerprint density at radius 2 is 1.97 bits per heavy atom. The van der Waals surface area contributed by atoms with E-state index in [1.54, 1.807) is 17.6 Å². The molecule has 0 bridgehead atoms. The highest BCUT2D eigenvalue weighted by molar-refractivity contribution is 6.10. The fourth-order valence-electron chi connectivity index (χ4n) is 4.92. The summed E-state index contributed by atoms with van der Waals surface area (Å²) < 4.78 is 6.75. The molecule has 174 valence electrons. The van der Waals surface area contributed by atoms with Crippen LogP contribution in [0.5, 0.6) is 0 Å². The lowest BCUT2D eigenvalue weighted by Gasteiger charge is -2.31. The van der Waals surface area contributed by atoms with Crippen LogP contribution in [0.25, 0.3) is 22.3 Å². The predicted octanol–water partition coefficient (Wildman–Crippen LogP) is 3.52. The van der Waals surface area contributed by atoms with Gasteiger partial charge in [0.05, 0.1) is 29.0 Å². The van der Waals surface area contributed by atoms with E-state index in [9.17, 15) is 14.7 Å². The number of cyclic esters (lactones) is 1. The zero-order chi connectivity index (χ0) is 24.3. The highest BCUT2D eigenvalue weighted by Gasteiger charge is 2.45. The Balaban J connectivity index is 1.47. The topological polar surface area (TPSA) is 117 Å². The summed E-state index contributed by atoms with van der Waals surface area (Å²) in [5, 5.41) is 23.5. The molecule has 0 saturated heterocycles. The van der Waals surface area contributed by atoms with Crippen LogP contribution < -0.4 is 10.9 Å². The van der Waals surface area contributed by atoms with Gasteiger partial charge in [-0.3, -0.25) is 10.2 Å². The normalized spacial score (nSPS) is 17.9.